The lowest BCUT2D eigenvalue weighted by molar-refractivity contribution is 0.627. The monoisotopic (exact) mass is 399 g/mol. The summed E-state index contributed by atoms with van der Waals surface area (Å²) in [5.74, 6) is 2.19. The van der Waals surface area contributed by atoms with E-state index in [4.69, 9.17) is 11.6 Å². The van der Waals surface area contributed by atoms with Crippen molar-refractivity contribution < 1.29 is 4.39 Å². The molecule has 138 valence electrons. The number of nitrogens with zero attached hydrogens (tertiary/aromatic N) is 3. The van der Waals surface area contributed by atoms with Crippen molar-refractivity contribution in [1.82, 2.24) is 14.8 Å². The number of hydrogen-bond donors (Lipinski definition) is 0. The first-order valence-corrected chi connectivity index (χ1v) is 10.2. The number of thioether (sulfide) groups is 1. The van der Waals surface area contributed by atoms with Gasteiger partial charge in [0.2, 0.25) is 0 Å². The lowest BCUT2D eigenvalue weighted by atomic mass is 10.1. The van der Waals surface area contributed by atoms with Crippen LogP contribution in [0.2, 0.25) is 5.02 Å². The van der Waals surface area contributed by atoms with Crippen LogP contribution in [-0.4, -0.2) is 14.8 Å². The molecule has 0 saturated heterocycles. The maximum Gasteiger partial charge on any atom is 0.191 e. The van der Waals surface area contributed by atoms with Crippen molar-refractivity contribution >= 4 is 23.4 Å². The highest BCUT2D eigenvalue weighted by molar-refractivity contribution is 7.98. The molecule has 1 aromatic heterocycles. The van der Waals surface area contributed by atoms with Crippen LogP contribution in [0, 0.1) is 5.82 Å². The third-order valence-electron chi connectivity index (χ3n) is 4.78. The van der Waals surface area contributed by atoms with E-state index in [1.54, 1.807) is 17.8 Å². The molecule has 1 aliphatic carbocycles. The fourth-order valence-electron chi connectivity index (χ4n) is 3.31. The Morgan fingerprint density at radius 3 is 2.74 bits per heavy atom. The Kier molecular flexibility index (Phi) is 5.32. The molecule has 2 aromatic carbocycles. The second-order valence-corrected chi connectivity index (χ2v) is 7.97. The average Bonchev–Trinajstić information content (AvgIpc) is 3.37. The van der Waals surface area contributed by atoms with Crippen molar-refractivity contribution in [2.45, 2.75) is 35.7 Å². The number of benzene rings is 2. The minimum Gasteiger partial charge on any atom is -0.302 e. The normalized spacial score (nSPS) is 18.4. The highest BCUT2D eigenvalue weighted by atomic mass is 35.5. The molecular formula is C21H19ClFN3S. The first-order chi connectivity index (χ1) is 13.2. The smallest absolute Gasteiger partial charge is 0.191 e. The molecule has 27 heavy (non-hydrogen) atoms. The number of halogens is 2. The zero-order valence-electron chi connectivity index (χ0n) is 14.7. The lowest BCUT2D eigenvalue weighted by Crippen LogP contribution is -2.03. The van der Waals surface area contributed by atoms with Crippen LogP contribution < -0.4 is 0 Å². The second kappa shape index (κ2) is 7.87. The third kappa shape index (κ3) is 3.94. The third-order valence-corrected chi connectivity index (χ3v) is 6.15. The van der Waals surface area contributed by atoms with Gasteiger partial charge in [-0.25, -0.2) is 4.39 Å². The molecule has 1 fully saturated rings. The van der Waals surface area contributed by atoms with Gasteiger partial charge in [0.25, 0.3) is 0 Å². The van der Waals surface area contributed by atoms with Crippen LogP contribution in [0.4, 0.5) is 4.39 Å². The van der Waals surface area contributed by atoms with Crippen LogP contribution >= 0.6 is 23.4 Å². The van der Waals surface area contributed by atoms with E-state index in [0.29, 0.717) is 29.2 Å². The summed E-state index contributed by atoms with van der Waals surface area (Å²) in [7, 11) is 0. The zero-order chi connectivity index (χ0) is 18.8. The lowest BCUT2D eigenvalue weighted by Gasteiger charge is -2.08. The van der Waals surface area contributed by atoms with Gasteiger partial charge in [-0.1, -0.05) is 65.8 Å². The van der Waals surface area contributed by atoms with Gasteiger partial charge in [0, 0.05) is 23.2 Å². The molecule has 6 heteroatoms. The molecule has 0 bridgehead atoms. The van der Waals surface area contributed by atoms with Crippen molar-refractivity contribution in [1.29, 1.82) is 0 Å². The van der Waals surface area contributed by atoms with E-state index >= 15 is 0 Å². The Morgan fingerprint density at radius 1 is 1.19 bits per heavy atom. The van der Waals surface area contributed by atoms with Crippen LogP contribution in [0.25, 0.3) is 0 Å². The molecule has 1 aliphatic rings. The van der Waals surface area contributed by atoms with Gasteiger partial charge in [-0.2, -0.15) is 0 Å². The molecule has 4 rings (SSSR count). The van der Waals surface area contributed by atoms with E-state index in [-0.39, 0.29) is 5.82 Å². The van der Waals surface area contributed by atoms with Gasteiger partial charge in [0.15, 0.2) is 5.16 Å². The van der Waals surface area contributed by atoms with Crippen molar-refractivity contribution in [3.8, 4) is 0 Å². The maximum atomic E-state index is 13.2. The van der Waals surface area contributed by atoms with Gasteiger partial charge in [-0.05, 0) is 35.6 Å². The van der Waals surface area contributed by atoms with Crippen LogP contribution in [0.5, 0.6) is 0 Å². The summed E-state index contributed by atoms with van der Waals surface area (Å²) in [5, 5.41) is 10.1. The highest BCUT2D eigenvalue weighted by Crippen LogP contribution is 2.54. The van der Waals surface area contributed by atoms with Crippen molar-refractivity contribution in [2.24, 2.45) is 0 Å². The molecule has 2 atom stereocenters. The molecule has 1 heterocycles. The maximum absolute atomic E-state index is 13.2. The van der Waals surface area contributed by atoms with Crippen molar-refractivity contribution in [3.05, 3.63) is 89.0 Å². The predicted octanol–water partition coefficient (Wildman–Crippen LogP) is 5.82. The SMILES string of the molecule is C=CCn1c(SCc2ccc(F)cc2Cl)nnc1C1CC1c1ccccc1. The number of hydrogen-bond acceptors (Lipinski definition) is 3. The molecule has 0 aliphatic heterocycles. The minimum absolute atomic E-state index is 0.327. The molecule has 3 nitrogen and oxygen atoms in total. The molecule has 2 unspecified atom stereocenters. The van der Waals surface area contributed by atoms with E-state index in [1.807, 2.05) is 12.1 Å². The van der Waals surface area contributed by atoms with Crippen molar-refractivity contribution in [3.63, 3.8) is 0 Å². The fraction of sp³-hybridized carbons (Fsp3) is 0.238. The van der Waals surface area contributed by atoms with Crippen LogP contribution in [0.1, 0.15) is 35.2 Å². The van der Waals surface area contributed by atoms with Gasteiger partial charge < -0.3 is 4.57 Å². The first kappa shape index (κ1) is 18.3. The van der Waals surface area contributed by atoms with Gasteiger partial charge >= 0.3 is 0 Å². The van der Waals surface area contributed by atoms with Gasteiger partial charge in [0.1, 0.15) is 11.6 Å². The van der Waals surface area contributed by atoms with Crippen LogP contribution in [-0.2, 0) is 12.3 Å². The summed E-state index contributed by atoms with van der Waals surface area (Å²) >= 11 is 7.69. The molecule has 0 N–H and O–H groups in total. The quantitative estimate of drug-likeness (QED) is 0.370. The minimum atomic E-state index is -0.327. The Labute approximate surface area is 167 Å². The van der Waals surface area contributed by atoms with E-state index in [2.05, 4.69) is 45.6 Å². The molecule has 0 radical (unpaired) electrons. The fourth-order valence-corrected chi connectivity index (χ4v) is 4.58. The van der Waals surface area contributed by atoms with Crippen LogP contribution in [0.15, 0.2) is 66.3 Å². The molecule has 1 saturated carbocycles. The topological polar surface area (TPSA) is 30.7 Å². The largest absolute Gasteiger partial charge is 0.302 e. The summed E-state index contributed by atoms with van der Waals surface area (Å²) in [5.41, 5.74) is 2.23. The summed E-state index contributed by atoms with van der Waals surface area (Å²) in [6.07, 6.45) is 2.95. The van der Waals surface area contributed by atoms with E-state index in [9.17, 15) is 4.39 Å². The first-order valence-electron chi connectivity index (χ1n) is 8.83. The number of rotatable bonds is 7. The standard InChI is InChI=1S/C21H19ClFN3S/c1-2-10-26-20(18-12-17(18)14-6-4-3-5-7-14)24-25-21(26)27-13-15-8-9-16(23)11-19(15)22/h2-9,11,17-18H,1,10,12-13H2. The van der Waals surface area contributed by atoms with Gasteiger partial charge in [-0.3, -0.25) is 0 Å². The number of aromatic nitrogens is 3. The Balaban J connectivity index is 1.52. The Morgan fingerprint density at radius 2 is 2.00 bits per heavy atom. The summed E-state index contributed by atoms with van der Waals surface area (Å²) in [6.45, 7) is 4.53. The molecule has 3 aromatic rings. The van der Waals surface area contributed by atoms with E-state index in [0.717, 1.165) is 23.0 Å². The Bertz CT molecular complexity index is 957. The second-order valence-electron chi connectivity index (χ2n) is 6.62. The summed E-state index contributed by atoms with van der Waals surface area (Å²) in [6, 6.07) is 15.0. The number of allylic oxidation sites excluding steroid dienone is 1. The summed E-state index contributed by atoms with van der Waals surface area (Å²) in [4.78, 5) is 0. The summed E-state index contributed by atoms with van der Waals surface area (Å²) < 4.78 is 15.3. The zero-order valence-corrected chi connectivity index (χ0v) is 16.3. The Hall–Kier alpha value is -2.11. The highest BCUT2D eigenvalue weighted by Gasteiger charge is 2.43. The molecule has 0 spiro atoms. The van der Waals surface area contributed by atoms with Gasteiger partial charge in [-0.15, -0.1) is 16.8 Å². The predicted molar refractivity (Wildman–Crippen MR) is 108 cm³/mol. The van der Waals surface area contributed by atoms with E-state index in [1.165, 1.54) is 17.7 Å². The van der Waals surface area contributed by atoms with Crippen LogP contribution in [0.3, 0.4) is 0 Å². The van der Waals surface area contributed by atoms with E-state index < -0.39 is 0 Å². The van der Waals surface area contributed by atoms with Crippen molar-refractivity contribution in [2.75, 3.05) is 0 Å². The molecule has 0 amide bonds. The van der Waals surface area contributed by atoms with Gasteiger partial charge in [0.05, 0.1) is 0 Å². The average molecular weight is 400 g/mol. The molecular weight excluding hydrogens is 381 g/mol.